The number of nitrogens with zero attached hydrogens (tertiary/aromatic N) is 1. The van der Waals surface area contributed by atoms with Crippen LogP contribution in [-0.2, 0) is 14.6 Å². The van der Waals surface area contributed by atoms with Crippen LogP contribution in [0, 0.1) is 56.7 Å². The zero-order valence-electron chi connectivity index (χ0n) is 34.0. The Morgan fingerprint density at radius 1 is 0.961 bits per heavy atom. The Morgan fingerprint density at radius 2 is 1.65 bits per heavy atom. The van der Waals surface area contributed by atoms with Crippen molar-refractivity contribution in [3.8, 4) is 0 Å². The lowest BCUT2D eigenvalue weighted by Crippen LogP contribution is -2.68. The molecule has 2 N–H and O–H groups in total. The van der Waals surface area contributed by atoms with Crippen LogP contribution in [0.15, 0.2) is 23.8 Å². The molecule has 6 rings (SSSR count). The Labute approximate surface area is 312 Å². The first kappa shape index (κ1) is 39.5. The lowest BCUT2D eigenvalue weighted by Gasteiger charge is -2.72. The molecule has 7 heteroatoms. The number of rotatable bonds is 11. The summed E-state index contributed by atoms with van der Waals surface area (Å²) in [6, 6.07) is 0. The molecule has 1 aliphatic heterocycles. The third-order valence-corrected chi connectivity index (χ3v) is 19.2. The molecular weight excluding hydrogens is 653 g/mol. The molecule has 0 amide bonds. The molecule has 9 atom stereocenters. The average molecular weight is 727 g/mol. The number of carboxylic acid groups (broad SMARTS) is 1. The fourth-order valence-electron chi connectivity index (χ4n) is 14.5. The second-order valence-corrected chi connectivity index (χ2v) is 23.4. The standard InChI is InChI=1S/C44H74N2O4S/c1-30(2)33-15-22-44(45-25-28-46-26-17-32(18-27-46)51(10,49)50)24-23-42(8)34(38(33)44)11-12-36-41(7)20-14-31(13-19-39(3,4)29-37(47)48)40(5,6)35(41)16-21-43(36,42)9/h14,32-36,38,45H,1,11-13,15-29H2,2-10H3,(H,47,48)/t33-,34+,35-,36+,38+,41-,42+,43+,44-/m0/s1. The van der Waals surface area contributed by atoms with E-state index < -0.39 is 15.8 Å². The lowest BCUT2D eigenvalue weighted by molar-refractivity contribution is -0.221. The van der Waals surface area contributed by atoms with Gasteiger partial charge in [0.2, 0.25) is 0 Å². The smallest absolute Gasteiger partial charge is 0.303 e. The number of carbonyl (C=O) groups is 1. The summed E-state index contributed by atoms with van der Waals surface area (Å²) >= 11 is 0. The maximum Gasteiger partial charge on any atom is 0.303 e. The van der Waals surface area contributed by atoms with Crippen LogP contribution in [-0.4, -0.2) is 67.6 Å². The van der Waals surface area contributed by atoms with Gasteiger partial charge in [0.05, 0.1) is 11.7 Å². The summed E-state index contributed by atoms with van der Waals surface area (Å²) in [4.78, 5) is 14.0. The average Bonchev–Trinajstić information content (AvgIpc) is 3.40. The van der Waals surface area contributed by atoms with E-state index in [0.717, 1.165) is 51.9 Å². The third-order valence-electron chi connectivity index (χ3n) is 17.6. The van der Waals surface area contributed by atoms with Crippen molar-refractivity contribution in [1.82, 2.24) is 10.2 Å². The molecule has 5 fully saturated rings. The first-order chi connectivity index (χ1) is 23.6. The fourth-order valence-corrected chi connectivity index (χ4v) is 15.6. The minimum absolute atomic E-state index is 0.133. The van der Waals surface area contributed by atoms with Crippen LogP contribution in [0.2, 0.25) is 0 Å². The highest BCUT2D eigenvalue weighted by molar-refractivity contribution is 7.91. The summed E-state index contributed by atoms with van der Waals surface area (Å²) in [5, 5.41) is 13.6. The van der Waals surface area contributed by atoms with Gasteiger partial charge in [0.15, 0.2) is 0 Å². The van der Waals surface area contributed by atoms with Gasteiger partial charge in [-0.3, -0.25) is 4.79 Å². The number of piperidine rings is 1. The fraction of sp³-hybridized carbons (Fsp3) is 0.886. The number of sulfone groups is 1. The van der Waals surface area contributed by atoms with Gasteiger partial charge in [-0.1, -0.05) is 72.3 Å². The van der Waals surface area contributed by atoms with Crippen LogP contribution >= 0.6 is 0 Å². The van der Waals surface area contributed by atoms with Crippen LogP contribution in [0.25, 0.3) is 0 Å². The van der Waals surface area contributed by atoms with Gasteiger partial charge >= 0.3 is 5.97 Å². The van der Waals surface area contributed by atoms with Crippen molar-refractivity contribution in [3.63, 3.8) is 0 Å². The maximum atomic E-state index is 12.1. The molecule has 0 spiro atoms. The van der Waals surface area contributed by atoms with Gasteiger partial charge in [-0.05, 0) is 160 Å². The van der Waals surface area contributed by atoms with Crippen LogP contribution in [0.5, 0.6) is 0 Å². The molecule has 290 valence electrons. The van der Waals surface area contributed by atoms with E-state index in [9.17, 15) is 18.3 Å². The first-order valence-electron chi connectivity index (χ1n) is 20.8. The minimum Gasteiger partial charge on any atom is -0.481 e. The van der Waals surface area contributed by atoms with Gasteiger partial charge in [-0.25, -0.2) is 8.42 Å². The highest BCUT2D eigenvalue weighted by Gasteiger charge is 2.70. The number of nitrogens with one attached hydrogen (secondary N) is 1. The summed E-state index contributed by atoms with van der Waals surface area (Å²) in [7, 11) is -2.94. The number of likely N-dealkylation sites (tertiary alicyclic amines) is 1. The van der Waals surface area contributed by atoms with Gasteiger partial charge in [0.25, 0.3) is 0 Å². The van der Waals surface area contributed by atoms with Gasteiger partial charge in [-0.2, -0.15) is 0 Å². The normalized spacial score (nSPS) is 41.5. The van der Waals surface area contributed by atoms with Gasteiger partial charge < -0.3 is 15.3 Å². The molecule has 4 saturated carbocycles. The van der Waals surface area contributed by atoms with E-state index in [2.05, 4.69) is 78.3 Å². The number of hydrogen-bond acceptors (Lipinski definition) is 5. The van der Waals surface area contributed by atoms with Crippen molar-refractivity contribution in [2.75, 3.05) is 32.4 Å². The van der Waals surface area contributed by atoms with Crippen LogP contribution < -0.4 is 5.32 Å². The third kappa shape index (κ3) is 6.76. The first-order valence-corrected chi connectivity index (χ1v) is 22.8. The highest BCUT2D eigenvalue weighted by atomic mass is 32.2. The number of hydrogen-bond donors (Lipinski definition) is 2. The van der Waals surface area contributed by atoms with E-state index in [-0.39, 0.29) is 33.5 Å². The molecule has 0 bridgehead atoms. The van der Waals surface area contributed by atoms with Crippen molar-refractivity contribution in [3.05, 3.63) is 23.8 Å². The second-order valence-electron chi connectivity index (χ2n) is 21.0. The Hall–Kier alpha value is -1.18. The van der Waals surface area contributed by atoms with Crippen molar-refractivity contribution >= 4 is 15.8 Å². The SMILES string of the molecule is C=C(C)[C@@H]1CC[C@]2(NCCN3CCC(S(C)(=O)=O)CC3)CC[C@]3(C)[C@H](CC[C@@H]4[C@@]5(C)CC=C(CCC(C)(C)CC(=O)O)C(C)(C)[C@@H]5CC[C@]43C)[C@@H]12. The van der Waals surface area contributed by atoms with Gasteiger partial charge in [-0.15, -0.1) is 0 Å². The van der Waals surface area contributed by atoms with Crippen LogP contribution in [0.4, 0.5) is 0 Å². The summed E-state index contributed by atoms with van der Waals surface area (Å²) in [6.45, 7) is 28.1. The molecule has 0 aromatic rings. The molecule has 6 aliphatic rings. The Kier molecular flexibility index (Phi) is 10.5. The molecule has 0 aromatic heterocycles. The highest BCUT2D eigenvalue weighted by Crippen LogP contribution is 2.76. The van der Waals surface area contributed by atoms with E-state index in [0.29, 0.717) is 40.4 Å². The van der Waals surface area contributed by atoms with Gasteiger partial charge in [0, 0.05) is 24.9 Å². The Bertz CT molecular complexity index is 1490. The predicted octanol–water partition coefficient (Wildman–Crippen LogP) is 9.31. The summed E-state index contributed by atoms with van der Waals surface area (Å²) in [5.74, 6) is 2.61. The maximum absolute atomic E-state index is 12.1. The largest absolute Gasteiger partial charge is 0.481 e. The monoisotopic (exact) mass is 727 g/mol. The van der Waals surface area contributed by atoms with E-state index in [1.165, 1.54) is 69.6 Å². The molecular formula is C44H74N2O4S. The molecule has 0 radical (unpaired) electrons. The zero-order valence-corrected chi connectivity index (χ0v) is 34.8. The number of aliphatic carboxylic acids is 1. The Morgan fingerprint density at radius 3 is 2.27 bits per heavy atom. The second kappa shape index (κ2) is 13.5. The molecule has 51 heavy (non-hydrogen) atoms. The Balaban J connectivity index is 1.20. The van der Waals surface area contributed by atoms with Crippen LogP contribution in [0.1, 0.15) is 145 Å². The van der Waals surface area contributed by atoms with Crippen molar-refractivity contribution in [1.29, 1.82) is 0 Å². The molecule has 6 nitrogen and oxygen atoms in total. The summed E-state index contributed by atoms with van der Waals surface area (Å²) in [5.41, 5.74) is 3.99. The zero-order chi connectivity index (χ0) is 37.4. The van der Waals surface area contributed by atoms with E-state index in [1.54, 1.807) is 5.57 Å². The molecule has 1 saturated heterocycles. The van der Waals surface area contributed by atoms with E-state index >= 15 is 0 Å². The van der Waals surface area contributed by atoms with Crippen LogP contribution in [0.3, 0.4) is 0 Å². The lowest BCUT2D eigenvalue weighted by atomic mass is 9.33. The molecule has 5 aliphatic carbocycles. The van der Waals surface area contributed by atoms with Crippen molar-refractivity contribution in [2.45, 2.75) is 156 Å². The number of allylic oxidation sites excluding steroid dienone is 3. The van der Waals surface area contributed by atoms with Gasteiger partial charge in [0.1, 0.15) is 9.84 Å². The van der Waals surface area contributed by atoms with E-state index in [1.807, 2.05) is 0 Å². The topological polar surface area (TPSA) is 86.7 Å². The van der Waals surface area contributed by atoms with Crippen molar-refractivity contribution < 1.29 is 18.3 Å². The number of carboxylic acids is 1. The van der Waals surface area contributed by atoms with E-state index in [4.69, 9.17) is 0 Å². The molecule has 0 aromatic carbocycles. The minimum atomic E-state index is -2.94. The summed E-state index contributed by atoms with van der Waals surface area (Å²) < 4.78 is 24.3. The quantitative estimate of drug-likeness (QED) is 0.207. The van der Waals surface area contributed by atoms with Crippen molar-refractivity contribution in [2.24, 2.45) is 56.7 Å². The number of fused-ring (bicyclic) bond motifs is 7. The predicted molar refractivity (Wildman–Crippen MR) is 210 cm³/mol. The summed E-state index contributed by atoms with van der Waals surface area (Å²) in [6.07, 6.45) is 19.3. The molecule has 0 unspecified atom stereocenters. The molecule has 1 heterocycles.